The normalized spacial score (nSPS) is 20.9. The van der Waals surface area contributed by atoms with E-state index >= 15 is 0 Å². The van der Waals surface area contributed by atoms with Crippen LogP contribution >= 0.6 is 0 Å². The predicted octanol–water partition coefficient (Wildman–Crippen LogP) is 4.21. The molecule has 0 bridgehead atoms. The average Bonchev–Trinajstić information content (AvgIpc) is 2.52. The van der Waals surface area contributed by atoms with Crippen molar-refractivity contribution in [3.63, 3.8) is 0 Å². The molecule has 0 aromatic heterocycles. The number of hydrogen-bond donors (Lipinski definition) is 0. The van der Waals surface area contributed by atoms with Crippen molar-refractivity contribution in [3.05, 3.63) is 36.3 Å². The van der Waals surface area contributed by atoms with Gasteiger partial charge in [0.05, 0.1) is 6.26 Å². The Labute approximate surface area is 161 Å². The van der Waals surface area contributed by atoms with E-state index in [-0.39, 0.29) is 11.3 Å². The second-order valence-corrected chi connectivity index (χ2v) is 7.53. The van der Waals surface area contributed by atoms with E-state index in [1.54, 1.807) is 0 Å². The average molecular weight is 378 g/mol. The first-order valence-electron chi connectivity index (χ1n) is 9.09. The summed E-state index contributed by atoms with van der Waals surface area (Å²) in [5, 5.41) is 0. The van der Waals surface area contributed by atoms with Crippen molar-refractivity contribution >= 4 is 17.9 Å². The molecule has 1 aliphatic carbocycles. The van der Waals surface area contributed by atoms with Crippen LogP contribution < -0.4 is 0 Å². The molecule has 27 heavy (non-hydrogen) atoms. The Bertz CT molecular complexity index is 641. The first-order valence-corrected chi connectivity index (χ1v) is 9.09. The SMILES string of the molecule is C=C1CCCC(C)(C)[C@@H]1C[C@H](OC(C)=O)C(=C\OC(C)=O)/C=C/OC(C)=O. The minimum atomic E-state index is -0.659. The molecule has 0 unspecified atom stereocenters. The molecule has 6 heteroatoms. The molecule has 0 heterocycles. The first kappa shape index (κ1) is 22.7. The zero-order valence-electron chi connectivity index (χ0n) is 16.9. The third kappa shape index (κ3) is 7.81. The molecule has 6 nitrogen and oxygen atoms in total. The second kappa shape index (κ2) is 10.1. The van der Waals surface area contributed by atoms with Crippen molar-refractivity contribution in [2.45, 2.75) is 66.4 Å². The van der Waals surface area contributed by atoms with Gasteiger partial charge in [0.2, 0.25) is 0 Å². The lowest BCUT2D eigenvalue weighted by Crippen LogP contribution is -2.34. The predicted molar refractivity (Wildman–Crippen MR) is 101 cm³/mol. The van der Waals surface area contributed by atoms with Crippen molar-refractivity contribution in [3.8, 4) is 0 Å². The molecule has 0 N–H and O–H groups in total. The number of rotatable bonds is 7. The zero-order valence-corrected chi connectivity index (χ0v) is 16.9. The fourth-order valence-electron chi connectivity index (χ4n) is 3.41. The van der Waals surface area contributed by atoms with Gasteiger partial charge in [0.25, 0.3) is 0 Å². The molecular weight excluding hydrogens is 348 g/mol. The lowest BCUT2D eigenvalue weighted by atomic mass is 9.64. The largest absolute Gasteiger partial charge is 0.458 e. The number of allylic oxidation sites excluding steroid dienone is 1. The van der Waals surface area contributed by atoms with Gasteiger partial charge in [-0.3, -0.25) is 14.4 Å². The summed E-state index contributed by atoms with van der Waals surface area (Å²) >= 11 is 0. The summed E-state index contributed by atoms with van der Waals surface area (Å²) in [6.45, 7) is 12.4. The molecule has 0 radical (unpaired) electrons. The van der Waals surface area contributed by atoms with Crippen molar-refractivity contribution in [1.29, 1.82) is 0 Å². The Balaban J connectivity index is 3.16. The molecule has 0 aromatic rings. The van der Waals surface area contributed by atoms with Gasteiger partial charge in [-0.2, -0.15) is 0 Å². The van der Waals surface area contributed by atoms with Crippen LogP contribution in [-0.2, 0) is 28.6 Å². The third-order valence-corrected chi connectivity index (χ3v) is 4.74. The highest BCUT2D eigenvalue weighted by atomic mass is 16.5. The van der Waals surface area contributed by atoms with E-state index in [2.05, 4.69) is 20.4 Å². The van der Waals surface area contributed by atoms with Crippen LogP contribution in [0.3, 0.4) is 0 Å². The highest BCUT2D eigenvalue weighted by Gasteiger charge is 2.37. The number of esters is 3. The van der Waals surface area contributed by atoms with Crippen molar-refractivity contribution in [1.82, 2.24) is 0 Å². The summed E-state index contributed by atoms with van der Waals surface area (Å²) in [6.07, 6.45) is 6.81. The van der Waals surface area contributed by atoms with Gasteiger partial charge in [0.15, 0.2) is 0 Å². The van der Waals surface area contributed by atoms with Gasteiger partial charge in [-0.1, -0.05) is 26.0 Å². The minimum Gasteiger partial charge on any atom is -0.458 e. The monoisotopic (exact) mass is 378 g/mol. The fourth-order valence-corrected chi connectivity index (χ4v) is 3.41. The Morgan fingerprint density at radius 2 is 1.78 bits per heavy atom. The fraction of sp³-hybridized carbons (Fsp3) is 0.571. The molecule has 150 valence electrons. The van der Waals surface area contributed by atoms with Crippen LogP contribution in [0.25, 0.3) is 0 Å². The molecule has 0 aromatic carbocycles. The molecular formula is C21H30O6. The second-order valence-electron chi connectivity index (χ2n) is 7.53. The van der Waals surface area contributed by atoms with E-state index in [0.717, 1.165) is 24.8 Å². The molecule has 1 fully saturated rings. The summed E-state index contributed by atoms with van der Waals surface area (Å²) < 4.78 is 15.3. The number of carbonyl (C=O) groups excluding carboxylic acids is 3. The van der Waals surface area contributed by atoms with E-state index in [1.807, 2.05) is 0 Å². The highest BCUT2D eigenvalue weighted by Crippen LogP contribution is 2.46. The highest BCUT2D eigenvalue weighted by molar-refractivity contribution is 5.68. The quantitative estimate of drug-likeness (QED) is 0.217. The van der Waals surface area contributed by atoms with Crippen LogP contribution in [0.1, 0.15) is 60.3 Å². The number of carbonyl (C=O) groups is 3. The maximum atomic E-state index is 11.7. The van der Waals surface area contributed by atoms with Crippen LogP contribution in [0.5, 0.6) is 0 Å². The topological polar surface area (TPSA) is 78.9 Å². The molecule has 0 spiro atoms. The molecule has 2 atom stereocenters. The van der Waals surface area contributed by atoms with Crippen molar-refractivity contribution in [2.24, 2.45) is 11.3 Å². The molecule has 0 amide bonds. The molecule has 0 aliphatic heterocycles. The van der Waals surface area contributed by atoms with E-state index in [9.17, 15) is 14.4 Å². The summed E-state index contributed by atoms with van der Waals surface area (Å²) in [6, 6.07) is 0. The van der Waals surface area contributed by atoms with Gasteiger partial charge in [0, 0.05) is 26.3 Å². The summed E-state index contributed by atoms with van der Waals surface area (Å²) in [5.41, 5.74) is 1.56. The zero-order chi connectivity index (χ0) is 20.6. The summed E-state index contributed by atoms with van der Waals surface area (Å²) in [5.74, 6) is -1.30. The van der Waals surface area contributed by atoms with E-state index < -0.39 is 24.0 Å². The smallest absolute Gasteiger partial charge is 0.307 e. The lowest BCUT2D eigenvalue weighted by molar-refractivity contribution is -0.145. The van der Waals surface area contributed by atoms with Crippen molar-refractivity contribution < 1.29 is 28.6 Å². The van der Waals surface area contributed by atoms with Crippen LogP contribution in [0.2, 0.25) is 0 Å². The Morgan fingerprint density at radius 3 is 2.30 bits per heavy atom. The van der Waals surface area contributed by atoms with Gasteiger partial charge in [0.1, 0.15) is 12.4 Å². The third-order valence-electron chi connectivity index (χ3n) is 4.74. The van der Waals surface area contributed by atoms with E-state index in [1.165, 1.54) is 39.4 Å². The van der Waals surface area contributed by atoms with Crippen LogP contribution in [-0.4, -0.2) is 24.0 Å². The lowest BCUT2D eigenvalue weighted by Gasteiger charge is -2.41. The summed E-state index contributed by atoms with van der Waals surface area (Å²) in [7, 11) is 0. The Hall–Kier alpha value is -2.37. The number of hydrogen-bond acceptors (Lipinski definition) is 6. The standard InChI is InChI=1S/C21H30O6/c1-14-8-7-10-21(5,6)19(14)12-20(27-17(4)24)18(13-26-16(3)23)9-11-25-15(2)22/h9,11,13,19-20H,1,7-8,10,12H2,2-6H3/b11-9+,18-13-/t19-,20+/m1/s1. The van der Waals surface area contributed by atoms with Crippen LogP contribution in [0, 0.1) is 11.3 Å². The van der Waals surface area contributed by atoms with Gasteiger partial charge in [-0.15, -0.1) is 0 Å². The molecule has 1 rings (SSSR count). The van der Waals surface area contributed by atoms with Crippen molar-refractivity contribution in [2.75, 3.05) is 0 Å². The van der Waals surface area contributed by atoms with Gasteiger partial charge < -0.3 is 14.2 Å². The van der Waals surface area contributed by atoms with Crippen LogP contribution in [0.15, 0.2) is 36.3 Å². The first-order chi connectivity index (χ1) is 12.5. The van der Waals surface area contributed by atoms with Gasteiger partial charge in [-0.25, -0.2) is 0 Å². The van der Waals surface area contributed by atoms with E-state index in [4.69, 9.17) is 14.2 Å². The molecule has 1 aliphatic rings. The van der Waals surface area contributed by atoms with Crippen LogP contribution in [0.4, 0.5) is 0 Å². The van der Waals surface area contributed by atoms with Gasteiger partial charge in [-0.05, 0) is 43.1 Å². The minimum absolute atomic E-state index is 0.0138. The molecule has 1 saturated carbocycles. The maximum Gasteiger partial charge on any atom is 0.307 e. The van der Waals surface area contributed by atoms with Gasteiger partial charge >= 0.3 is 17.9 Å². The Morgan fingerprint density at radius 1 is 1.15 bits per heavy atom. The number of ether oxygens (including phenoxy) is 3. The van der Waals surface area contributed by atoms with E-state index in [0.29, 0.717) is 12.0 Å². The Kier molecular flexibility index (Phi) is 8.47. The molecule has 0 saturated heterocycles. The summed E-state index contributed by atoms with van der Waals surface area (Å²) in [4.78, 5) is 33.9. The maximum absolute atomic E-state index is 11.7.